The Balaban J connectivity index is 1.11. The first-order valence-corrected chi connectivity index (χ1v) is 27.8. The maximum absolute atomic E-state index is 5.64. The third-order valence-electron chi connectivity index (χ3n) is 16.1. The summed E-state index contributed by atoms with van der Waals surface area (Å²) in [5.74, 6) is 2.57. The molecule has 1 aliphatic heterocycles. The molecular formula is C72H63N7. The maximum Gasteiger partial charge on any atom is 0.166 e. The van der Waals surface area contributed by atoms with Crippen LogP contribution >= 0.6 is 0 Å². The predicted molar refractivity (Wildman–Crippen MR) is 326 cm³/mol. The zero-order chi connectivity index (χ0) is 54.0. The summed E-state index contributed by atoms with van der Waals surface area (Å²) in [5.41, 5.74) is 19.6. The van der Waals surface area contributed by atoms with E-state index in [0.29, 0.717) is 23.3 Å². The first-order chi connectivity index (χ1) is 38.4. The number of unbranched alkanes of at least 4 members (excludes halogenated alkanes) is 1. The van der Waals surface area contributed by atoms with Crippen LogP contribution in [0.3, 0.4) is 0 Å². The van der Waals surface area contributed by atoms with Gasteiger partial charge in [-0.2, -0.15) is 0 Å². The van der Waals surface area contributed by atoms with Crippen molar-refractivity contribution in [1.29, 1.82) is 0 Å². The molecule has 0 saturated heterocycles. The molecular weight excluding hydrogens is 963 g/mol. The van der Waals surface area contributed by atoms with Crippen molar-refractivity contribution in [1.82, 2.24) is 29.5 Å². The minimum Gasteiger partial charge on any atom is -0.330 e. The Morgan fingerprint density at radius 2 is 1.13 bits per heavy atom. The molecule has 0 N–H and O–H groups in total. The molecule has 2 atom stereocenters. The molecule has 0 fully saturated rings. The van der Waals surface area contributed by atoms with Gasteiger partial charge in [-0.15, -0.1) is 0 Å². The average molecular weight is 1030 g/mol. The molecule has 2 unspecified atom stereocenters. The van der Waals surface area contributed by atoms with Crippen molar-refractivity contribution in [3.05, 3.63) is 245 Å². The number of aryl methyl sites for hydroxylation is 3. The highest BCUT2D eigenvalue weighted by atomic mass is 15.2. The van der Waals surface area contributed by atoms with Crippen molar-refractivity contribution in [3.8, 4) is 73.8 Å². The van der Waals surface area contributed by atoms with Gasteiger partial charge < -0.3 is 9.47 Å². The highest BCUT2D eigenvalue weighted by Crippen LogP contribution is 2.61. The highest BCUT2D eigenvalue weighted by molar-refractivity contribution is 5.97. The summed E-state index contributed by atoms with van der Waals surface area (Å²) in [6, 6.07) is 71.8. The van der Waals surface area contributed by atoms with Crippen LogP contribution in [-0.4, -0.2) is 29.5 Å². The molecule has 386 valence electrons. The second kappa shape index (κ2) is 19.7. The van der Waals surface area contributed by atoms with Crippen molar-refractivity contribution in [2.45, 2.75) is 84.6 Å². The molecule has 0 spiro atoms. The average Bonchev–Trinajstić information content (AvgIpc) is 3.19. The lowest BCUT2D eigenvalue weighted by molar-refractivity contribution is 0.461. The van der Waals surface area contributed by atoms with Crippen LogP contribution in [0.5, 0.6) is 0 Å². The summed E-state index contributed by atoms with van der Waals surface area (Å²) in [6.45, 7) is 15.8. The number of rotatable bonds is 11. The van der Waals surface area contributed by atoms with E-state index >= 15 is 0 Å². The molecule has 0 saturated carbocycles. The van der Waals surface area contributed by atoms with Gasteiger partial charge >= 0.3 is 0 Å². The molecule has 7 nitrogen and oxygen atoms in total. The number of hydrogen-bond acceptors (Lipinski definition) is 6. The zero-order valence-corrected chi connectivity index (χ0v) is 46.0. The van der Waals surface area contributed by atoms with E-state index in [-0.39, 0.29) is 11.3 Å². The fourth-order valence-electron chi connectivity index (χ4n) is 12.3. The Morgan fingerprint density at radius 1 is 0.519 bits per heavy atom. The molecule has 79 heavy (non-hydrogen) atoms. The Kier molecular flexibility index (Phi) is 12.4. The monoisotopic (exact) mass is 1030 g/mol. The van der Waals surface area contributed by atoms with Gasteiger partial charge in [0.05, 0.1) is 33.8 Å². The quantitative estimate of drug-likeness (QED) is 0.129. The fraction of sp³-hybridized carbons (Fsp3) is 0.181. The third-order valence-corrected chi connectivity index (χ3v) is 16.1. The molecule has 8 aromatic carbocycles. The summed E-state index contributed by atoms with van der Waals surface area (Å²) in [5, 5.41) is 1.19. The second-order valence-corrected chi connectivity index (χ2v) is 22.7. The van der Waals surface area contributed by atoms with E-state index in [1.807, 2.05) is 24.3 Å². The van der Waals surface area contributed by atoms with Crippen molar-refractivity contribution < 1.29 is 0 Å². The lowest BCUT2D eigenvalue weighted by atomic mass is 9.73. The van der Waals surface area contributed by atoms with Crippen LogP contribution in [0.25, 0.3) is 90.7 Å². The van der Waals surface area contributed by atoms with Gasteiger partial charge in [-0.05, 0) is 129 Å². The molecule has 3 aromatic heterocycles. The first-order valence-electron chi connectivity index (χ1n) is 27.8. The first kappa shape index (κ1) is 49.5. The second-order valence-electron chi connectivity index (χ2n) is 22.7. The minimum absolute atomic E-state index is 0.0883. The number of anilines is 2. The van der Waals surface area contributed by atoms with Crippen molar-refractivity contribution in [2.75, 3.05) is 4.90 Å². The molecule has 11 aromatic rings. The van der Waals surface area contributed by atoms with Gasteiger partial charge in [-0.3, -0.25) is 0 Å². The van der Waals surface area contributed by atoms with Gasteiger partial charge in [-0.1, -0.05) is 185 Å². The van der Waals surface area contributed by atoms with E-state index in [1.54, 1.807) is 0 Å². The van der Waals surface area contributed by atoms with Gasteiger partial charge in [0.2, 0.25) is 0 Å². The van der Waals surface area contributed by atoms with Crippen molar-refractivity contribution in [3.63, 3.8) is 0 Å². The Morgan fingerprint density at radius 3 is 1.85 bits per heavy atom. The van der Waals surface area contributed by atoms with E-state index in [9.17, 15) is 0 Å². The zero-order valence-electron chi connectivity index (χ0n) is 46.0. The predicted octanol–water partition coefficient (Wildman–Crippen LogP) is 18.0. The Bertz CT molecular complexity index is 4090. The summed E-state index contributed by atoms with van der Waals surface area (Å²) in [7, 11) is 0. The molecule has 1 aliphatic carbocycles. The van der Waals surface area contributed by atoms with Crippen LogP contribution in [0.4, 0.5) is 11.4 Å². The number of hydrogen-bond donors (Lipinski definition) is 0. The van der Waals surface area contributed by atoms with E-state index in [4.69, 9.17) is 24.9 Å². The van der Waals surface area contributed by atoms with Gasteiger partial charge in [0.25, 0.3) is 0 Å². The highest BCUT2D eigenvalue weighted by Gasteiger charge is 2.53. The minimum atomic E-state index is -0.493. The topological polar surface area (TPSA) is 72.6 Å². The number of nitrogens with zero attached hydrogens (tertiary/aromatic N) is 7. The summed E-state index contributed by atoms with van der Waals surface area (Å²) in [6.07, 6.45) is 7.99. The van der Waals surface area contributed by atoms with Gasteiger partial charge in [0.15, 0.2) is 23.3 Å². The van der Waals surface area contributed by atoms with Gasteiger partial charge in [0, 0.05) is 61.6 Å². The van der Waals surface area contributed by atoms with Crippen LogP contribution < -0.4 is 4.90 Å². The molecule has 2 aliphatic rings. The van der Waals surface area contributed by atoms with Crippen LogP contribution in [0.2, 0.25) is 0 Å². The van der Waals surface area contributed by atoms with Crippen LogP contribution in [0.1, 0.15) is 92.5 Å². The Hall–Kier alpha value is -9.07. The van der Waals surface area contributed by atoms with Crippen molar-refractivity contribution >= 4 is 28.4 Å². The SMILES string of the molecule is CCCCc1cc(C)cc(-c2nc(-c3cc(C)cc(C(C)(C)C)c3)nc(-c3cc(-c4cc(-c5ccccc5)nc(-c5ccccc5)n4)ccc3-n3c4c(c5ccccc53)C3(C)C(C=C4)c4ccccc4N3c3ccccc3)n2)c1. The van der Waals surface area contributed by atoms with Gasteiger partial charge in [-0.25, -0.2) is 24.9 Å². The fourth-order valence-corrected chi connectivity index (χ4v) is 12.3. The van der Waals surface area contributed by atoms with Gasteiger partial charge in [0.1, 0.15) is 0 Å². The smallest absolute Gasteiger partial charge is 0.166 e. The van der Waals surface area contributed by atoms with E-state index in [2.05, 4.69) is 246 Å². The number of para-hydroxylation sites is 3. The van der Waals surface area contributed by atoms with Crippen LogP contribution in [-0.2, 0) is 17.4 Å². The molecule has 0 amide bonds. The van der Waals surface area contributed by atoms with Crippen LogP contribution in [0.15, 0.2) is 206 Å². The summed E-state index contributed by atoms with van der Waals surface area (Å²) >= 11 is 0. The lowest BCUT2D eigenvalue weighted by Crippen LogP contribution is -2.42. The summed E-state index contributed by atoms with van der Waals surface area (Å²) < 4.78 is 2.46. The van der Waals surface area contributed by atoms with E-state index in [1.165, 1.54) is 38.9 Å². The van der Waals surface area contributed by atoms with E-state index < -0.39 is 5.54 Å². The maximum atomic E-state index is 5.64. The Labute approximate surface area is 464 Å². The number of fused-ring (bicyclic) bond motifs is 7. The molecule has 13 rings (SSSR count). The van der Waals surface area contributed by atoms with E-state index in [0.717, 1.165) is 92.2 Å². The standard InChI is InChI=1S/C72H63N7/c1-8-9-23-48-38-46(2)39-52(42-48)68-75-69(53-40-47(3)41-54(43-53)71(4,5)6)77-70(76-68)58-44-51(61-45-60(49-24-13-10-14-25-49)73-67(74-61)50-26-15-11-16-27-50)34-36-63(58)78-62-32-21-20-31-57(62)66-65(78)37-35-59-56-30-19-22-33-64(56)79(72(59,66)7)55-28-17-12-18-29-55/h10-22,24-45,59H,8-9,23H2,1-7H3. The molecule has 0 bridgehead atoms. The molecule has 4 heterocycles. The normalized spacial score (nSPS) is 15.5. The largest absolute Gasteiger partial charge is 0.330 e. The van der Waals surface area contributed by atoms with Crippen molar-refractivity contribution in [2.24, 2.45) is 0 Å². The van der Waals surface area contributed by atoms with Crippen LogP contribution in [0, 0.1) is 13.8 Å². The number of aromatic nitrogens is 6. The molecule has 7 heteroatoms. The third kappa shape index (κ3) is 8.84. The molecule has 0 radical (unpaired) electrons. The lowest BCUT2D eigenvalue weighted by Gasteiger charge is -2.43. The number of benzene rings is 8. The summed E-state index contributed by atoms with van der Waals surface area (Å²) in [4.78, 5) is 29.9.